The molecule has 4 rings (SSSR count). The molecule has 1 amide bonds. The Morgan fingerprint density at radius 2 is 2.10 bits per heavy atom. The molecule has 8 nitrogen and oxygen atoms in total. The van der Waals surface area contributed by atoms with Crippen LogP contribution in [0.2, 0.25) is 0 Å². The molecular formula is C22H22N6O2S. The first-order chi connectivity index (χ1) is 15.1. The van der Waals surface area contributed by atoms with E-state index in [1.807, 2.05) is 49.0 Å². The van der Waals surface area contributed by atoms with Gasteiger partial charge in [-0.25, -0.2) is 4.98 Å². The van der Waals surface area contributed by atoms with Crippen LogP contribution in [0.5, 0.6) is 0 Å². The molecule has 3 aromatic heterocycles. The van der Waals surface area contributed by atoms with Crippen LogP contribution in [-0.2, 0) is 24.8 Å². The number of aryl methyl sites for hydroxylation is 1. The summed E-state index contributed by atoms with van der Waals surface area (Å²) in [5.74, 6) is -0.284. The van der Waals surface area contributed by atoms with Crippen molar-refractivity contribution in [2.24, 2.45) is 7.05 Å². The lowest BCUT2D eigenvalue weighted by Gasteiger charge is -2.18. The van der Waals surface area contributed by atoms with Gasteiger partial charge in [-0.3, -0.25) is 19.6 Å². The van der Waals surface area contributed by atoms with Gasteiger partial charge < -0.3 is 10.3 Å². The third-order valence-corrected chi connectivity index (χ3v) is 5.45. The van der Waals surface area contributed by atoms with E-state index in [-0.39, 0.29) is 17.2 Å². The van der Waals surface area contributed by atoms with Gasteiger partial charge in [-0.15, -0.1) is 11.3 Å². The molecule has 0 aliphatic carbocycles. The highest BCUT2D eigenvalue weighted by Crippen LogP contribution is 2.19. The quantitative estimate of drug-likeness (QED) is 0.395. The monoisotopic (exact) mass is 434 g/mol. The third kappa shape index (κ3) is 5.33. The van der Waals surface area contributed by atoms with Gasteiger partial charge >= 0.3 is 0 Å². The van der Waals surface area contributed by atoms with Crippen molar-refractivity contribution >= 4 is 22.9 Å². The number of aromatic nitrogens is 4. The first kappa shape index (κ1) is 20.7. The van der Waals surface area contributed by atoms with E-state index in [0.717, 1.165) is 22.4 Å². The van der Waals surface area contributed by atoms with E-state index in [1.54, 1.807) is 28.7 Å². The fraction of sp³-hybridized carbons (Fsp3) is 0.182. The van der Waals surface area contributed by atoms with E-state index in [0.29, 0.717) is 13.0 Å². The Morgan fingerprint density at radius 3 is 2.81 bits per heavy atom. The number of anilines is 1. The molecule has 0 fully saturated rings. The minimum absolute atomic E-state index is 0.194. The number of rotatable bonds is 8. The van der Waals surface area contributed by atoms with Crippen LogP contribution in [0.25, 0.3) is 11.1 Å². The van der Waals surface area contributed by atoms with Crippen molar-refractivity contribution in [2.75, 3.05) is 5.32 Å². The summed E-state index contributed by atoms with van der Waals surface area (Å²) in [4.78, 5) is 32.4. The summed E-state index contributed by atoms with van der Waals surface area (Å²) < 4.78 is 1.68. The predicted octanol–water partition coefficient (Wildman–Crippen LogP) is 2.57. The number of carbonyl (C=O) groups is 1. The molecule has 0 radical (unpaired) electrons. The van der Waals surface area contributed by atoms with Crippen molar-refractivity contribution in [1.29, 1.82) is 0 Å². The van der Waals surface area contributed by atoms with Crippen LogP contribution in [0.15, 0.2) is 70.7 Å². The second-order valence-corrected chi connectivity index (χ2v) is 7.84. The highest BCUT2D eigenvalue weighted by atomic mass is 32.1. The number of aromatic amines is 1. The molecule has 1 aromatic carbocycles. The lowest BCUT2D eigenvalue weighted by atomic mass is 10.0. The van der Waals surface area contributed by atoms with E-state index >= 15 is 0 Å². The molecule has 0 unspecified atom stereocenters. The van der Waals surface area contributed by atoms with Gasteiger partial charge in [0.2, 0.25) is 5.91 Å². The van der Waals surface area contributed by atoms with E-state index < -0.39 is 6.04 Å². The highest BCUT2D eigenvalue weighted by molar-refractivity contribution is 7.07. The van der Waals surface area contributed by atoms with Crippen LogP contribution in [0.1, 0.15) is 11.3 Å². The van der Waals surface area contributed by atoms with Crippen molar-refractivity contribution in [3.63, 3.8) is 0 Å². The summed E-state index contributed by atoms with van der Waals surface area (Å²) in [5.41, 5.74) is 5.08. The molecule has 0 aliphatic rings. The molecule has 0 aliphatic heterocycles. The Labute approximate surface area is 183 Å². The molecule has 4 aromatic rings. The molecule has 0 bridgehead atoms. The van der Waals surface area contributed by atoms with Gasteiger partial charge in [0.05, 0.1) is 23.4 Å². The van der Waals surface area contributed by atoms with Crippen LogP contribution in [0, 0.1) is 0 Å². The number of nitrogens with zero attached hydrogens (tertiary/aromatic N) is 3. The third-order valence-electron chi connectivity index (χ3n) is 4.81. The van der Waals surface area contributed by atoms with Crippen LogP contribution in [0.4, 0.5) is 5.69 Å². The maximum absolute atomic E-state index is 13.1. The molecule has 158 valence electrons. The Kier molecular flexibility index (Phi) is 6.34. The van der Waals surface area contributed by atoms with Gasteiger partial charge in [0.15, 0.2) is 0 Å². The predicted molar refractivity (Wildman–Crippen MR) is 121 cm³/mol. The standard InChI is InChI=1S/C22H22N6O2S/c1-28-12-17(10-26-28)16-8-20(21(29)24-9-16)27-22(30)19(7-15-5-3-2-4-6-15)23-11-18-13-31-14-25-18/h2-6,8-10,12-14,19,23H,7,11H2,1H3,(H,24,29)(H,27,30)/t19-/m0/s1. The molecule has 0 saturated heterocycles. The zero-order valence-electron chi connectivity index (χ0n) is 16.9. The number of benzene rings is 1. The largest absolute Gasteiger partial charge is 0.327 e. The maximum Gasteiger partial charge on any atom is 0.271 e. The summed E-state index contributed by atoms with van der Waals surface area (Å²) >= 11 is 1.51. The molecule has 31 heavy (non-hydrogen) atoms. The Balaban J connectivity index is 1.54. The zero-order valence-corrected chi connectivity index (χ0v) is 17.7. The second kappa shape index (κ2) is 9.50. The SMILES string of the molecule is Cn1cc(-c2c[nH]c(=O)c(NC(=O)[C@H](Cc3ccccc3)NCc3cscn3)c2)cn1. The summed E-state index contributed by atoms with van der Waals surface area (Å²) in [6, 6.07) is 10.9. The Bertz CT molecular complexity index is 1200. The number of H-pyrrole nitrogens is 1. The van der Waals surface area contributed by atoms with E-state index in [2.05, 4.69) is 25.7 Å². The number of pyridine rings is 1. The fourth-order valence-corrected chi connectivity index (χ4v) is 3.75. The zero-order chi connectivity index (χ0) is 21.6. The smallest absolute Gasteiger partial charge is 0.271 e. The summed E-state index contributed by atoms with van der Waals surface area (Å²) in [5, 5.41) is 12.1. The van der Waals surface area contributed by atoms with Crippen molar-refractivity contribution in [3.05, 3.63) is 87.5 Å². The van der Waals surface area contributed by atoms with Gasteiger partial charge in [0, 0.05) is 42.5 Å². The van der Waals surface area contributed by atoms with Gasteiger partial charge in [-0.05, 0) is 18.1 Å². The minimum Gasteiger partial charge on any atom is -0.327 e. The molecule has 9 heteroatoms. The molecule has 1 atom stereocenters. The summed E-state index contributed by atoms with van der Waals surface area (Å²) in [6.45, 7) is 0.459. The molecule has 0 saturated carbocycles. The van der Waals surface area contributed by atoms with Crippen LogP contribution < -0.4 is 16.2 Å². The number of hydrogen-bond acceptors (Lipinski definition) is 6. The number of hydrogen-bond donors (Lipinski definition) is 3. The Morgan fingerprint density at radius 1 is 1.26 bits per heavy atom. The van der Waals surface area contributed by atoms with Crippen LogP contribution in [-0.4, -0.2) is 31.7 Å². The second-order valence-electron chi connectivity index (χ2n) is 7.13. The topological polar surface area (TPSA) is 105 Å². The first-order valence-corrected chi connectivity index (χ1v) is 10.7. The van der Waals surface area contributed by atoms with E-state index in [9.17, 15) is 9.59 Å². The summed E-state index contributed by atoms with van der Waals surface area (Å²) in [6.07, 6.45) is 5.63. The van der Waals surface area contributed by atoms with E-state index in [1.165, 1.54) is 11.3 Å². The van der Waals surface area contributed by atoms with Crippen molar-refractivity contribution in [2.45, 2.75) is 19.0 Å². The van der Waals surface area contributed by atoms with Crippen molar-refractivity contribution < 1.29 is 4.79 Å². The number of nitrogens with one attached hydrogen (secondary N) is 3. The van der Waals surface area contributed by atoms with Crippen LogP contribution in [0.3, 0.4) is 0 Å². The molecule has 3 N–H and O–H groups in total. The van der Waals surface area contributed by atoms with Crippen LogP contribution >= 0.6 is 11.3 Å². The fourth-order valence-electron chi connectivity index (χ4n) is 3.19. The molecule has 3 heterocycles. The number of amides is 1. The average molecular weight is 435 g/mol. The average Bonchev–Trinajstić information content (AvgIpc) is 3.45. The summed E-state index contributed by atoms with van der Waals surface area (Å²) in [7, 11) is 1.82. The lowest BCUT2D eigenvalue weighted by Crippen LogP contribution is -2.42. The van der Waals surface area contributed by atoms with Gasteiger partial charge in [-0.2, -0.15) is 5.10 Å². The highest BCUT2D eigenvalue weighted by Gasteiger charge is 2.20. The number of carbonyl (C=O) groups excluding carboxylic acids is 1. The van der Waals surface area contributed by atoms with Crippen molar-refractivity contribution in [1.82, 2.24) is 25.1 Å². The van der Waals surface area contributed by atoms with Crippen molar-refractivity contribution in [3.8, 4) is 11.1 Å². The Hall–Kier alpha value is -3.56. The number of thiazole rings is 1. The molecular weight excluding hydrogens is 412 g/mol. The maximum atomic E-state index is 13.1. The normalized spacial score (nSPS) is 11.9. The first-order valence-electron chi connectivity index (χ1n) is 9.75. The molecule has 0 spiro atoms. The van der Waals surface area contributed by atoms with Gasteiger partial charge in [-0.1, -0.05) is 30.3 Å². The minimum atomic E-state index is -0.537. The van der Waals surface area contributed by atoms with Gasteiger partial charge in [0.25, 0.3) is 5.56 Å². The lowest BCUT2D eigenvalue weighted by molar-refractivity contribution is -0.118. The van der Waals surface area contributed by atoms with Gasteiger partial charge in [0.1, 0.15) is 5.69 Å². The van der Waals surface area contributed by atoms with E-state index in [4.69, 9.17) is 0 Å².